The van der Waals surface area contributed by atoms with Crippen molar-refractivity contribution in [1.82, 2.24) is 13.9 Å². The van der Waals surface area contributed by atoms with Gasteiger partial charge >= 0.3 is 0 Å². The van der Waals surface area contributed by atoms with Crippen LogP contribution in [0.3, 0.4) is 0 Å². The number of carbonyl (C=O) groups is 1. The number of nitrogens with zero attached hydrogens (tertiary/aromatic N) is 3. The van der Waals surface area contributed by atoms with E-state index in [1.807, 2.05) is 65.4 Å². The maximum atomic E-state index is 13.6. The lowest BCUT2D eigenvalue weighted by Crippen LogP contribution is -2.51. The van der Waals surface area contributed by atoms with Gasteiger partial charge in [0.15, 0.2) is 0 Å². The van der Waals surface area contributed by atoms with Crippen LogP contribution in [0.1, 0.15) is 25.3 Å². The van der Waals surface area contributed by atoms with Crippen molar-refractivity contribution in [2.45, 2.75) is 25.2 Å². The summed E-state index contributed by atoms with van der Waals surface area (Å²) in [5, 5.41) is 3.08. The van der Waals surface area contributed by atoms with E-state index in [0.29, 0.717) is 31.6 Å². The van der Waals surface area contributed by atoms with Gasteiger partial charge in [0, 0.05) is 36.9 Å². The molecule has 3 aromatic rings. The quantitative estimate of drug-likeness (QED) is 0.641. The Hall–Kier alpha value is -2.97. The van der Waals surface area contributed by atoms with Crippen LogP contribution >= 0.6 is 0 Å². The van der Waals surface area contributed by atoms with Gasteiger partial charge in [-0.05, 0) is 43.5 Å². The molecule has 0 atom stereocenters. The summed E-state index contributed by atoms with van der Waals surface area (Å²) in [6, 6.07) is 17.2. The third-order valence-corrected chi connectivity index (χ3v) is 7.88. The Balaban J connectivity index is 1.61. The van der Waals surface area contributed by atoms with E-state index in [1.54, 1.807) is 19.4 Å². The van der Waals surface area contributed by atoms with Crippen molar-refractivity contribution in [3.05, 3.63) is 78.9 Å². The van der Waals surface area contributed by atoms with E-state index in [9.17, 15) is 13.2 Å². The molecule has 2 heterocycles. The lowest BCUT2D eigenvalue weighted by molar-refractivity contribution is -0.123. The van der Waals surface area contributed by atoms with E-state index < -0.39 is 15.4 Å². The molecule has 2 aromatic carbocycles. The van der Waals surface area contributed by atoms with Crippen molar-refractivity contribution in [1.29, 1.82) is 0 Å². The highest BCUT2D eigenvalue weighted by Gasteiger charge is 2.44. The average Bonchev–Trinajstić information content (AvgIpc) is 3.35. The smallest absolute Gasteiger partial charge is 0.235 e. The summed E-state index contributed by atoms with van der Waals surface area (Å²) in [7, 11) is -3.28. The molecule has 0 bridgehead atoms. The number of carbonyl (C=O) groups excluding carboxylic acids is 1. The molecular weight excluding hydrogens is 412 g/mol. The van der Waals surface area contributed by atoms with E-state index in [4.69, 9.17) is 0 Å². The Bertz CT molecular complexity index is 1140. The van der Waals surface area contributed by atoms with Crippen LogP contribution < -0.4 is 5.32 Å². The zero-order valence-electron chi connectivity index (χ0n) is 17.4. The summed E-state index contributed by atoms with van der Waals surface area (Å²) in [5.74, 6) is -0.0477. The number of rotatable bonds is 6. The number of piperidine rings is 1. The standard InChI is InChI=1S/C23H26N4O3S/c1-2-31(29,30)27-14-11-23(12-15-27,19-7-4-3-5-8-19)22(28)25-20-9-6-10-21(17-20)26-16-13-24-18-26/h3-10,13,16-18H,2,11-12,14-15H2,1H3,(H,25,28). The van der Waals surface area contributed by atoms with Gasteiger partial charge in [0.05, 0.1) is 17.5 Å². The van der Waals surface area contributed by atoms with Crippen LogP contribution in [0.2, 0.25) is 0 Å². The number of hydrogen-bond acceptors (Lipinski definition) is 4. The maximum absolute atomic E-state index is 13.6. The molecule has 31 heavy (non-hydrogen) atoms. The van der Waals surface area contributed by atoms with Gasteiger partial charge in [-0.2, -0.15) is 0 Å². The molecule has 7 nitrogen and oxygen atoms in total. The van der Waals surface area contributed by atoms with Gasteiger partial charge in [-0.3, -0.25) is 4.79 Å². The largest absolute Gasteiger partial charge is 0.325 e. The molecule has 1 amide bonds. The minimum atomic E-state index is -3.28. The van der Waals surface area contributed by atoms with Crippen molar-refractivity contribution < 1.29 is 13.2 Å². The molecule has 0 radical (unpaired) electrons. The summed E-state index contributed by atoms with van der Waals surface area (Å²) in [4.78, 5) is 17.7. The maximum Gasteiger partial charge on any atom is 0.235 e. The van der Waals surface area contributed by atoms with Crippen LogP contribution in [0, 0.1) is 0 Å². The van der Waals surface area contributed by atoms with Gasteiger partial charge < -0.3 is 9.88 Å². The summed E-state index contributed by atoms with van der Waals surface area (Å²) in [5.41, 5.74) is 1.71. The minimum absolute atomic E-state index is 0.0680. The van der Waals surface area contributed by atoms with Crippen molar-refractivity contribution in [2.24, 2.45) is 0 Å². The summed E-state index contributed by atoms with van der Waals surface area (Å²) in [6.07, 6.45) is 6.12. The molecule has 1 aromatic heterocycles. The number of anilines is 1. The van der Waals surface area contributed by atoms with Gasteiger partial charge in [0.25, 0.3) is 0 Å². The minimum Gasteiger partial charge on any atom is -0.325 e. The topological polar surface area (TPSA) is 84.3 Å². The van der Waals surface area contributed by atoms with E-state index >= 15 is 0 Å². The van der Waals surface area contributed by atoms with Crippen molar-refractivity contribution >= 4 is 21.6 Å². The Kier molecular flexibility index (Phi) is 5.93. The summed E-state index contributed by atoms with van der Waals surface area (Å²) < 4.78 is 28.0. The zero-order chi connectivity index (χ0) is 21.9. The van der Waals surface area contributed by atoms with Crippen LogP contribution in [0.25, 0.3) is 5.69 Å². The van der Waals surface area contributed by atoms with Gasteiger partial charge in [-0.1, -0.05) is 36.4 Å². The fourth-order valence-corrected chi connectivity index (χ4v) is 5.24. The molecule has 1 aliphatic heterocycles. The Labute approximate surface area is 182 Å². The third kappa shape index (κ3) is 4.26. The van der Waals surface area contributed by atoms with E-state index in [2.05, 4.69) is 10.3 Å². The molecular formula is C23H26N4O3S. The van der Waals surface area contributed by atoms with E-state index in [-0.39, 0.29) is 11.7 Å². The van der Waals surface area contributed by atoms with Crippen molar-refractivity contribution in [3.8, 4) is 5.69 Å². The highest BCUT2D eigenvalue weighted by atomic mass is 32.2. The molecule has 0 spiro atoms. The van der Waals surface area contributed by atoms with Gasteiger partial charge in [0.1, 0.15) is 0 Å². The second kappa shape index (κ2) is 8.64. The first-order chi connectivity index (χ1) is 14.9. The number of hydrogen-bond donors (Lipinski definition) is 1. The number of sulfonamides is 1. The van der Waals surface area contributed by atoms with E-state index in [1.165, 1.54) is 4.31 Å². The molecule has 0 unspecified atom stereocenters. The highest BCUT2D eigenvalue weighted by Crippen LogP contribution is 2.37. The van der Waals surface area contributed by atoms with Crippen molar-refractivity contribution in [3.63, 3.8) is 0 Å². The predicted octanol–water partition coefficient (Wildman–Crippen LogP) is 3.19. The van der Waals surface area contributed by atoms with E-state index in [0.717, 1.165) is 11.3 Å². The SMILES string of the molecule is CCS(=O)(=O)N1CCC(C(=O)Nc2cccc(-n3ccnc3)c2)(c2ccccc2)CC1. The number of amides is 1. The van der Waals surface area contributed by atoms with Crippen LogP contribution in [-0.4, -0.2) is 47.0 Å². The fourth-order valence-electron chi connectivity index (χ4n) is 4.14. The Morgan fingerprint density at radius 1 is 1.10 bits per heavy atom. The molecule has 162 valence electrons. The molecule has 0 saturated carbocycles. The first-order valence-corrected chi connectivity index (χ1v) is 12.0. The normalized spacial score (nSPS) is 16.7. The first-order valence-electron chi connectivity index (χ1n) is 10.4. The monoisotopic (exact) mass is 438 g/mol. The lowest BCUT2D eigenvalue weighted by Gasteiger charge is -2.40. The summed E-state index contributed by atoms with van der Waals surface area (Å²) in [6.45, 7) is 2.30. The van der Waals surface area contributed by atoms with Crippen LogP contribution in [0.15, 0.2) is 73.3 Å². The Morgan fingerprint density at radius 2 is 1.84 bits per heavy atom. The molecule has 8 heteroatoms. The summed E-state index contributed by atoms with van der Waals surface area (Å²) >= 11 is 0. The number of imidazole rings is 1. The van der Waals surface area contributed by atoms with Crippen LogP contribution in [0.5, 0.6) is 0 Å². The van der Waals surface area contributed by atoms with Crippen molar-refractivity contribution in [2.75, 3.05) is 24.2 Å². The average molecular weight is 439 g/mol. The Morgan fingerprint density at radius 3 is 2.48 bits per heavy atom. The molecule has 1 fully saturated rings. The number of aromatic nitrogens is 2. The second-order valence-electron chi connectivity index (χ2n) is 7.72. The lowest BCUT2D eigenvalue weighted by atomic mass is 9.72. The third-order valence-electron chi connectivity index (χ3n) is 6.00. The van der Waals surface area contributed by atoms with Crippen LogP contribution in [0.4, 0.5) is 5.69 Å². The number of benzene rings is 2. The first kappa shape index (κ1) is 21.3. The predicted molar refractivity (Wildman–Crippen MR) is 121 cm³/mol. The molecule has 0 aliphatic carbocycles. The molecule has 1 saturated heterocycles. The fraction of sp³-hybridized carbons (Fsp3) is 0.304. The molecule has 1 aliphatic rings. The second-order valence-corrected chi connectivity index (χ2v) is 9.98. The van der Waals surface area contributed by atoms with Gasteiger partial charge in [-0.25, -0.2) is 17.7 Å². The molecule has 4 rings (SSSR count). The van der Waals surface area contributed by atoms with Crippen LogP contribution in [-0.2, 0) is 20.2 Å². The molecule has 1 N–H and O–H groups in total. The highest BCUT2D eigenvalue weighted by molar-refractivity contribution is 7.89. The number of nitrogens with one attached hydrogen (secondary N) is 1. The zero-order valence-corrected chi connectivity index (χ0v) is 18.3. The van der Waals surface area contributed by atoms with Gasteiger partial charge in [0.2, 0.25) is 15.9 Å². The van der Waals surface area contributed by atoms with Gasteiger partial charge in [-0.15, -0.1) is 0 Å².